The first-order valence-corrected chi connectivity index (χ1v) is 7.36. The number of aryl methyl sites for hydroxylation is 2. The van der Waals surface area contributed by atoms with Crippen molar-refractivity contribution >= 4 is 15.9 Å². The Morgan fingerprint density at radius 3 is 2.79 bits per heavy atom. The van der Waals surface area contributed by atoms with E-state index in [0.29, 0.717) is 6.04 Å². The number of nitrogens with zero attached hydrogens (tertiary/aromatic N) is 2. The van der Waals surface area contributed by atoms with E-state index in [4.69, 9.17) is 0 Å². The third-order valence-corrected chi connectivity index (χ3v) is 4.21. The van der Waals surface area contributed by atoms with Crippen molar-refractivity contribution in [1.82, 2.24) is 14.9 Å². The van der Waals surface area contributed by atoms with Gasteiger partial charge in [-0.15, -0.1) is 0 Å². The van der Waals surface area contributed by atoms with Crippen LogP contribution >= 0.6 is 15.9 Å². The molecule has 1 N–H and O–H groups in total. The van der Waals surface area contributed by atoms with E-state index in [1.807, 2.05) is 19.4 Å². The van der Waals surface area contributed by atoms with Crippen LogP contribution in [0, 0.1) is 6.92 Å². The molecule has 2 aromatic rings. The third-order valence-electron chi connectivity index (χ3n) is 3.36. The summed E-state index contributed by atoms with van der Waals surface area (Å²) in [6.07, 6.45) is 4.74. The van der Waals surface area contributed by atoms with Gasteiger partial charge in [-0.25, -0.2) is 4.98 Å². The number of halogens is 1. The van der Waals surface area contributed by atoms with Crippen molar-refractivity contribution < 1.29 is 0 Å². The van der Waals surface area contributed by atoms with Crippen molar-refractivity contribution in [3.63, 3.8) is 0 Å². The number of hydrogen-bond donors (Lipinski definition) is 1. The van der Waals surface area contributed by atoms with Gasteiger partial charge in [0, 0.05) is 36.4 Å². The molecule has 0 saturated heterocycles. The van der Waals surface area contributed by atoms with E-state index < -0.39 is 0 Å². The van der Waals surface area contributed by atoms with Gasteiger partial charge < -0.3 is 9.88 Å². The predicted molar refractivity (Wildman–Crippen MR) is 82.2 cm³/mol. The molecule has 0 saturated carbocycles. The SMILES string of the molecule is CCNC(Cc1nccn1C)c1ccc(C)c(Br)c1. The molecule has 1 aromatic heterocycles. The van der Waals surface area contributed by atoms with Gasteiger partial charge in [-0.05, 0) is 30.7 Å². The Morgan fingerprint density at radius 1 is 1.42 bits per heavy atom. The van der Waals surface area contributed by atoms with Gasteiger partial charge in [0.05, 0.1) is 0 Å². The van der Waals surface area contributed by atoms with E-state index >= 15 is 0 Å². The maximum absolute atomic E-state index is 4.41. The zero-order chi connectivity index (χ0) is 13.8. The lowest BCUT2D eigenvalue weighted by Gasteiger charge is -2.19. The number of rotatable bonds is 5. The number of likely N-dealkylation sites (N-methyl/N-ethyl adjacent to an activating group) is 1. The Bertz CT molecular complexity index is 548. The number of aromatic nitrogens is 2. The molecule has 0 aliphatic carbocycles. The number of hydrogen-bond acceptors (Lipinski definition) is 2. The highest BCUT2D eigenvalue weighted by molar-refractivity contribution is 9.10. The van der Waals surface area contributed by atoms with Gasteiger partial charge in [-0.2, -0.15) is 0 Å². The molecule has 1 heterocycles. The summed E-state index contributed by atoms with van der Waals surface area (Å²) < 4.78 is 3.24. The van der Waals surface area contributed by atoms with Crippen molar-refractivity contribution in [2.45, 2.75) is 26.3 Å². The van der Waals surface area contributed by atoms with Gasteiger partial charge in [-0.1, -0.05) is 35.0 Å². The minimum absolute atomic E-state index is 0.294. The molecule has 4 heteroatoms. The van der Waals surface area contributed by atoms with Crippen molar-refractivity contribution in [2.24, 2.45) is 7.05 Å². The summed E-state index contributed by atoms with van der Waals surface area (Å²) in [5, 5.41) is 3.54. The molecule has 3 nitrogen and oxygen atoms in total. The standard InChI is InChI=1S/C15H20BrN3/c1-4-17-14(10-15-18-7-8-19(15)3)12-6-5-11(2)13(16)9-12/h5-9,14,17H,4,10H2,1-3H3. The van der Waals surface area contributed by atoms with Gasteiger partial charge in [0.2, 0.25) is 0 Å². The second kappa shape index (κ2) is 6.35. The van der Waals surface area contributed by atoms with Crippen LogP contribution < -0.4 is 5.32 Å². The number of nitrogens with one attached hydrogen (secondary N) is 1. The van der Waals surface area contributed by atoms with Crippen molar-refractivity contribution in [1.29, 1.82) is 0 Å². The van der Waals surface area contributed by atoms with Crippen LogP contribution in [0.2, 0.25) is 0 Å². The average molecular weight is 322 g/mol. The second-order valence-corrected chi connectivity index (χ2v) is 5.63. The molecular weight excluding hydrogens is 302 g/mol. The summed E-state index contributed by atoms with van der Waals surface area (Å²) in [5.74, 6) is 1.10. The molecule has 0 spiro atoms. The predicted octanol–water partition coefficient (Wildman–Crippen LogP) is 3.38. The van der Waals surface area contributed by atoms with Crippen LogP contribution in [0.3, 0.4) is 0 Å². The Labute approximate surface area is 123 Å². The molecule has 0 bridgehead atoms. The lowest BCUT2D eigenvalue weighted by molar-refractivity contribution is 0.529. The van der Waals surface area contributed by atoms with Crippen molar-refractivity contribution in [2.75, 3.05) is 6.54 Å². The first-order chi connectivity index (χ1) is 9.11. The van der Waals surface area contributed by atoms with E-state index in [1.54, 1.807) is 0 Å². The van der Waals surface area contributed by atoms with Crippen LogP contribution in [0.1, 0.15) is 29.9 Å². The molecule has 0 fully saturated rings. The highest BCUT2D eigenvalue weighted by atomic mass is 79.9. The summed E-state index contributed by atoms with van der Waals surface area (Å²) in [6, 6.07) is 6.84. The van der Waals surface area contributed by atoms with E-state index in [2.05, 4.69) is 62.8 Å². The summed E-state index contributed by atoms with van der Waals surface area (Å²) in [4.78, 5) is 4.41. The van der Waals surface area contributed by atoms with E-state index in [1.165, 1.54) is 11.1 Å². The molecule has 0 amide bonds. The fraction of sp³-hybridized carbons (Fsp3) is 0.400. The zero-order valence-electron chi connectivity index (χ0n) is 11.7. The molecule has 0 radical (unpaired) electrons. The Balaban J connectivity index is 2.24. The van der Waals surface area contributed by atoms with E-state index in [-0.39, 0.29) is 0 Å². The first-order valence-electron chi connectivity index (χ1n) is 6.57. The average Bonchev–Trinajstić information content (AvgIpc) is 2.78. The fourth-order valence-corrected chi connectivity index (χ4v) is 2.55. The number of benzene rings is 1. The Kier molecular flexibility index (Phi) is 4.77. The van der Waals surface area contributed by atoms with E-state index in [0.717, 1.165) is 23.3 Å². The fourth-order valence-electron chi connectivity index (χ4n) is 2.16. The van der Waals surface area contributed by atoms with Crippen LogP contribution in [0.15, 0.2) is 35.1 Å². The normalized spacial score (nSPS) is 12.6. The molecule has 0 aliphatic rings. The summed E-state index contributed by atoms with van der Waals surface area (Å²) in [5.41, 5.74) is 2.55. The molecular formula is C15H20BrN3. The van der Waals surface area contributed by atoms with Gasteiger partial charge >= 0.3 is 0 Å². The van der Waals surface area contributed by atoms with Crippen LogP contribution in [-0.4, -0.2) is 16.1 Å². The maximum atomic E-state index is 4.41. The molecule has 1 aromatic carbocycles. The smallest absolute Gasteiger partial charge is 0.110 e. The maximum Gasteiger partial charge on any atom is 0.110 e. The lowest BCUT2D eigenvalue weighted by atomic mass is 10.0. The topological polar surface area (TPSA) is 29.9 Å². The Hall–Kier alpha value is -1.13. The number of imidazole rings is 1. The molecule has 0 aliphatic heterocycles. The lowest BCUT2D eigenvalue weighted by Crippen LogP contribution is -2.24. The van der Waals surface area contributed by atoms with Gasteiger partial charge in [0.15, 0.2) is 0 Å². The molecule has 19 heavy (non-hydrogen) atoms. The molecule has 102 valence electrons. The molecule has 1 atom stereocenters. The van der Waals surface area contributed by atoms with Gasteiger partial charge in [0.1, 0.15) is 5.82 Å². The first kappa shape index (κ1) is 14.3. The van der Waals surface area contributed by atoms with Gasteiger partial charge in [0.25, 0.3) is 0 Å². The Morgan fingerprint density at radius 2 is 2.21 bits per heavy atom. The largest absolute Gasteiger partial charge is 0.338 e. The quantitative estimate of drug-likeness (QED) is 0.914. The third kappa shape index (κ3) is 3.45. The van der Waals surface area contributed by atoms with Crippen LogP contribution in [0.5, 0.6) is 0 Å². The summed E-state index contributed by atoms with van der Waals surface area (Å²) >= 11 is 3.61. The molecule has 1 unspecified atom stereocenters. The second-order valence-electron chi connectivity index (χ2n) is 4.78. The minimum atomic E-state index is 0.294. The molecule has 2 rings (SSSR count). The van der Waals surface area contributed by atoms with Crippen molar-refractivity contribution in [3.8, 4) is 0 Å². The van der Waals surface area contributed by atoms with Crippen LogP contribution in [0.25, 0.3) is 0 Å². The minimum Gasteiger partial charge on any atom is -0.338 e. The van der Waals surface area contributed by atoms with Crippen molar-refractivity contribution in [3.05, 3.63) is 52.0 Å². The highest BCUT2D eigenvalue weighted by Gasteiger charge is 2.14. The summed E-state index contributed by atoms with van der Waals surface area (Å²) in [6.45, 7) is 5.18. The zero-order valence-corrected chi connectivity index (χ0v) is 13.2. The van der Waals surface area contributed by atoms with Crippen LogP contribution in [-0.2, 0) is 13.5 Å². The highest BCUT2D eigenvalue weighted by Crippen LogP contribution is 2.24. The van der Waals surface area contributed by atoms with Gasteiger partial charge in [-0.3, -0.25) is 0 Å². The van der Waals surface area contributed by atoms with Crippen LogP contribution in [0.4, 0.5) is 0 Å². The monoisotopic (exact) mass is 321 g/mol. The summed E-state index contributed by atoms with van der Waals surface area (Å²) in [7, 11) is 2.04. The van der Waals surface area contributed by atoms with E-state index in [9.17, 15) is 0 Å².